The molecule has 15 heavy (non-hydrogen) atoms. The first kappa shape index (κ1) is 10.2. The molecule has 1 atom stereocenters. The van der Waals surface area contributed by atoms with Crippen LogP contribution in [0.3, 0.4) is 0 Å². The zero-order valence-corrected chi connectivity index (χ0v) is 8.90. The first-order valence-corrected chi connectivity index (χ1v) is 5.22. The summed E-state index contributed by atoms with van der Waals surface area (Å²) in [5.41, 5.74) is 5.57. The Labute approximate surface area is 89.4 Å². The summed E-state index contributed by atoms with van der Waals surface area (Å²) < 4.78 is 10.9. The summed E-state index contributed by atoms with van der Waals surface area (Å²) >= 11 is 0. The van der Waals surface area contributed by atoms with Crippen LogP contribution in [0.15, 0.2) is 18.3 Å². The fourth-order valence-electron chi connectivity index (χ4n) is 1.46. The third-order valence-corrected chi connectivity index (χ3v) is 2.78. The Balaban J connectivity index is 1.76. The fraction of sp³-hybridized carbons (Fsp3) is 0.545. The largest absolute Gasteiger partial charge is 0.492 e. The quantitative estimate of drug-likeness (QED) is 0.747. The standard InChI is InChI=1S/C11H16N2O2/c1-2-11(8-15-11)5-6-14-9-3-4-10(12)13-7-9/h3-4,7H,2,5-6,8H2,1H3,(H2,12,13). The number of epoxide rings is 1. The Morgan fingerprint density at radius 2 is 2.40 bits per heavy atom. The van der Waals surface area contributed by atoms with Gasteiger partial charge in [-0.2, -0.15) is 0 Å². The van der Waals surface area contributed by atoms with Crippen molar-refractivity contribution in [3.05, 3.63) is 18.3 Å². The van der Waals surface area contributed by atoms with Gasteiger partial charge in [-0.15, -0.1) is 0 Å². The smallest absolute Gasteiger partial charge is 0.137 e. The maximum Gasteiger partial charge on any atom is 0.137 e. The van der Waals surface area contributed by atoms with E-state index in [1.165, 1.54) is 0 Å². The van der Waals surface area contributed by atoms with Crippen LogP contribution in [0.1, 0.15) is 19.8 Å². The van der Waals surface area contributed by atoms with Gasteiger partial charge >= 0.3 is 0 Å². The van der Waals surface area contributed by atoms with Crippen LogP contribution in [0.4, 0.5) is 5.82 Å². The number of anilines is 1. The van der Waals surface area contributed by atoms with Crippen LogP contribution in [0.5, 0.6) is 5.75 Å². The number of hydrogen-bond acceptors (Lipinski definition) is 4. The summed E-state index contributed by atoms with van der Waals surface area (Å²) in [4.78, 5) is 3.95. The molecule has 1 fully saturated rings. The molecule has 0 bridgehead atoms. The first-order valence-electron chi connectivity index (χ1n) is 5.22. The van der Waals surface area contributed by atoms with Crippen molar-refractivity contribution in [3.63, 3.8) is 0 Å². The van der Waals surface area contributed by atoms with Crippen LogP contribution in [0.2, 0.25) is 0 Å². The topological polar surface area (TPSA) is 60.7 Å². The normalized spacial score (nSPS) is 23.8. The SMILES string of the molecule is CCC1(CCOc2ccc(N)nc2)CO1. The first-order chi connectivity index (χ1) is 7.24. The van der Waals surface area contributed by atoms with E-state index >= 15 is 0 Å². The molecule has 2 rings (SSSR count). The highest BCUT2D eigenvalue weighted by atomic mass is 16.6. The molecule has 1 aromatic heterocycles. The van der Waals surface area contributed by atoms with Crippen molar-refractivity contribution in [2.75, 3.05) is 18.9 Å². The molecule has 0 aromatic carbocycles. The predicted octanol–water partition coefficient (Wildman–Crippen LogP) is 1.61. The van der Waals surface area contributed by atoms with Crippen LogP contribution in [0.25, 0.3) is 0 Å². The highest BCUT2D eigenvalue weighted by Crippen LogP contribution is 2.34. The lowest BCUT2D eigenvalue weighted by molar-refractivity contribution is 0.222. The highest BCUT2D eigenvalue weighted by Gasteiger charge is 2.42. The molecule has 0 amide bonds. The van der Waals surface area contributed by atoms with E-state index in [1.54, 1.807) is 12.3 Å². The van der Waals surface area contributed by atoms with Gasteiger partial charge in [0.2, 0.25) is 0 Å². The van der Waals surface area contributed by atoms with E-state index in [1.807, 2.05) is 6.07 Å². The molecule has 1 aliphatic rings. The molecule has 0 saturated carbocycles. The van der Waals surface area contributed by atoms with Crippen LogP contribution < -0.4 is 10.5 Å². The minimum absolute atomic E-state index is 0.0984. The van der Waals surface area contributed by atoms with Gasteiger partial charge in [0, 0.05) is 6.42 Å². The van der Waals surface area contributed by atoms with Gasteiger partial charge < -0.3 is 15.2 Å². The molecule has 82 valence electrons. The van der Waals surface area contributed by atoms with E-state index in [9.17, 15) is 0 Å². The second-order valence-corrected chi connectivity index (χ2v) is 3.84. The number of rotatable bonds is 5. The Morgan fingerprint density at radius 1 is 1.60 bits per heavy atom. The van der Waals surface area contributed by atoms with E-state index < -0.39 is 0 Å². The Hall–Kier alpha value is -1.29. The summed E-state index contributed by atoms with van der Waals surface area (Å²) in [7, 11) is 0. The van der Waals surface area contributed by atoms with Crippen molar-refractivity contribution >= 4 is 5.82 Å². The highest BCUT2D eigenvalue weighted by molar-refractivity contribution is 5.32. The van der Waals surface area contributed by atoms with Crippen LogP contribution in [0, 0.1) is 0 Å². The maximum atomic E-state index is 5.54. The average molecular weight is 208 g/mol. The molecule has 1 aromatic rings. The van der Waals surface area contributed by atoms with Gasteiger partial charge in [-0.1, -0.05) is 6.92 Å². The van der Waals surface area contributed by atoms with Crippen molar-refractivity contribution in [1.29, 1.82) is 0 Å². The molecule has 1 unspecified atom stereocenters. The van der Waals surface area contributed by atoms with Crippen molar-refractivity contribution in [1.82, 2.24) is 4.98 Å². The third-order valence-electron chi connectivity index (χ3n) is 2.78. The van der Waals surface area contributed by atoms with Gasteiger partial charge in [0.05, 0.1) is 25.0 Å². The van der Waals surface area contributed by atoms with Gasteiger partial charge in [-0.05, 0) is 18.6 Å². The van der Waals surface area contributed by atoms with E-state index in [2.05, 4.69) is 11.9 Å². The molecule has 2 heterocycles. The van der Waals surface area contributed by atoms with Crippen LogP contribution in [-0.4, -0.2) is 23.8 Å². The lowest BCUT2D eigenvalue weighted by Crippen LogP contribution is -2.14. The predicted molar refractivity (Wildman–Crippen MR) is 57.7 cm³/mol. The van der Waals surface area contributed by atoms with E-state index in [-0.39, 0.29) is 5.60 Å². The van der Waals surface area contributed by atoms with Crippen molar-refractivity contribution in [2.45, 2.75) is 25.4 Å². The van der Waals surface area contributed by atoms with Crippen LogP contribution >= 0.6 is 0 Å². The monoisotopic (exact) mass is 208 g/mol. The number of aromatic nitrogens is 1. The minimum Gasteiger partial charge on any atom is -0.492 e. The zero-order chi connectivity index (χ0) is 10.7. The van der Waals surface area contributed by atoms with E-state index in [4.69, 9.17) is 15.2 Å². The number of nitrogens with zero attached hydrogens (tertiary/aromatic N) is 1. The molecule has 1 saturated heterocycles. The van der Waals surface area contributed by atoms with Crippen molar-refractivity contribution < 1.29 is 9.47 Å². The summed E-state index contributed by atoms with van der Waals surface area (Å²) in [5.74, 6) is 1.27. The second-order valence-electron chi connectivity index (χ2n) is 3.84. The zero-order valence-electron chi connectivity index (χ0n) is 8.90. The van der Waals surface area contributed by atoms with E-state index in [0.29, 0.717) is 12.4 Å². The molecular formula is C11H16N2O2. The Morgan fingerprint density at radius 3 is 2.93 bits per heavy atom. The summed E-state index contributed by atoms with van der Waals surface area (Å²) in [6, 6.07) is 3.56. The van der Waals surface area contributed by atoms with Crippen molar-refractivity contribution in [2.24, 2.45) is 0 Å². The summed E-state index contributed by atoms with van der Waals surface area (Å²) in [6.07, 6.45) is 3.63. The molecule has 0 aliphatic carbocycles. The van der Waals surface area contributed by atoms with Crippen LogP contribution in [-0.2, 0) is 4.74 Å². The number of ether oxygens (including phenoxy) is 2. The molecular weight excluding hydrogens is 192 g/mol. The Bertz CT molecular complexity index is 320. The second kappa shape index (κ2) is 4.06. The Kier molecular flexibility index (Phi) is 2.77. The number of pyridine rings is 1. The number of hydrogen-bond donors (Lipinski definition) is 1. The number of nitrogens with two attached hydrogens (primary N) is 1. The molecule has 2 N–H and O–H groups in total. The third kappa shape index (κ3) is 2.59. The fourth-order valence-corrected chi connectivity index (χ4v) is 1.46. The van der Waals surface area contributed by atoms with Gasteiger partial charge in [-0.3, -0.25) is 0 Å². The van der Waals surface area contributed by atoms with Crippen molar-refractivity contribution in [3.8, 4) is 5.75 Å². The summed E-state index contributed by atoms with van der Waals surface area (Å²) in [6.45, 7) is 3.67. The van der Waals surface area contributed by atoms with Gasteiger partial charge in [0.15, 0.2) is 0 Å². The lowest BCUT2D eigenvalue weighted by Gasteiger charge is -2.10. The molecule has 4 heteroatoms. The number of nitrogen functional groups attached to an aromatic ring is 1. The lowest BCUT2D eigenvalue weighted by atomic mass is 10.1. The minimum atomic E-state index is 0.0984. The molecule has 0 spiro atoms. The van der Waals surface area contributed by atoms with Gasteiger partial charge in [0.25, 0.3) is 0 Å². The van der Waals surface area contributed by atoms with E-state index in [0.717, 1.165) is 25.2 Å². The molecule has 4 nitrogen and oxygen atoms in total. The summed E-state index contributed by atoms with van der Waals surface area (Å²) in [5, 5.41) is 0. The maximum absolute atomic E-state index is 5.54. The average Bonchev–Trinajstić information content (AvgIpc) is 3.02. The van der Waals surface area contributed by atoms with Gasteiger partial charge in [-0.25, -0.2) is 4.98 Å². The molecule has 1 aliphatic heterocycles. The molecule has 0 radical (unpaired) electrons. The van der Waals surface area contributed by atoms with Gasteiger partial charge in [0.1, 0.15) is 11.6 Å².